The fraction of sp³-hybridized carbons (Fsp3) is 0.500. The van der Waals surface area contributed by atoms with E-state index in [2.05, 4.69) is 16.7 Å². The minimum atomic E-state index is 0.305. The number of nitrogens with one attached hydrogen (secondary N) is 2. The highest BCUT2D eigenvalue weighted by Crippen LogP contribution is 2.24. The molecular weight excluding hydrogens is 242 g/mol. The number of hydrogen-bond acceptors (Lipinski definition) is 2. The second-order valence-corrected chi connectivity index (χ2v) is 5.39. The Morgan fingerprint density at radius 3 is 2.67 bits per heavy atom. The van der Waals surface area contributed by atoms with Crippen molar-refractivity contribution in [3.63, 3.8) is 0 Å². The molecule has 18 heavy (non-hydrogen) atoms. The summed E-state index contributed by atoms with van der Waals surface area (Å²) in [6.07, 6.45) is 6.89. The predicted octanol–water partition coefficient (Wildman–Crippen LogP) is 3.33. The van der Waals surface area contributed by atoms with Crippen LogP contribution >= 0.6 is 12.2 Å². The molecule has 4 heteroatoms. The summed E-state index contributed by atoms with van der Waals surface area (Å²) in [5, 5.41) is 6.76. The van der Waals surface area contributed by atoms with Gasteiger partial charge >= 0.3 is 0 Å². The molecule has 0 radical (unpaired) electrons. The first-order chi connectivity index (χ1) is 8.74. The van der Waals surface area contributed by atoms with E-state index in [1.54, 1.807) is 0 Å². The van der Waals surface area contributed by atoms with Crippen LogP contribution < -0.4 is 16.4 Å². The van der Waals surface area contributed by atoms with E-state index < -0.39 is 0 Å². The van der Waals surface area contributed by atoms with Crippen LogP contribution in [0, 0.1) is 5.92 Å². The molecule has 0 unspecified atom stereocenters. The summed E-state index contributed by atoms with van der Waals surface area (Å²) >= 11 is 4.83. The van der Waals surface area contributed by atoms with Gasteiger partial charge in [0.05, 0.1) is 0 Å². The zero-order chi connectivity index (χ0) is 12.8. The summed E-state index contributed by atoms with van der Waals surface area (Å²) in [5.74, 6) is 0.825. The van der Waals surface area contributed by atoms with Gasteiger partial charge in [0.25, 0.3) is 0 Å². The summed E-state index contributed by atoms with van der Waals surface area (Å²) in [7, 11) is 0. The Morgan fingerprint density at radius 2 is 1.94 bits per heavy atom. The van der Waals surface area contributed by atoms with E-state index in [1.807, 2.05) is 18.2 Å². The van der Waals surface area contributed by atoms with Crippen LogP contribution in [0.2, 0.25) is 0 Å². The minimum Gasteiger partial charge on any atom is -0.385 e. The third-order valence-corrected chi connectivity index (χ3v) is 3.55. The monoisotopic (exact) mass is 263 g/mol. The van der Waals surface area contributed by atoms with E-state index >= 15 is 0 Å². The average molecular weight is 263 g/mol. The van der Waals surface area contributed by atoms with Crippen LogP contribution in [-0.2, 0) is 0 Å². The number of thiocarbonyl (C=S) groups is 1. The van der Waals surface area contributed by atoms with Crippen molar-refractivity contribution in [2.75, 3.05) is 17.2 Å². The van der Waals surface area contributed by atoms with Crippen LogP contribution in [-0.4, -0.2) is 11.7 Å². The summed E-state index contributed by atoms with van der Waals surface area (Å²) < 4.78 is 0. The second-order valence-electron chi connectivity index (χ2n) is 4.95. The lowest BCUT2D eigenvalue weighted by Gasteiger charge is -2.22. The molecule has 0 saturated heterocycles. The Bertz CT molecular complexity index is 400. The van der Waals surface area contributed by atoms with Gasteiger partial charge in [-0.25, -0.2) is 0 Å². The first-order valence-corrected chi connectivity index (χ1v) is 7.05. The molecular formula is C14H21N3S. The molecule has 0 spiro atoms. The van der Waals surface area contributed by atoms with Gasteiger partial charge in [0, 0.05) is 17.9 Å². The number of benzene rings is 1. The number of hydrogen-bond donors (Lipinski definition) is 3. The van der Waals surface area contributed by atoms with Crippen molar-refractivity contribution in [2.24, 2.45) is 11.7 Å². The van der Waals surface area contributed by atoms with Gasteiger partial charge < -0.3 is 16.4 Å². The predicted molar refractivity (Wildman–Crippen MR) is 81.9 cm³/mol. The number of nitrogens with two attached hydrogens (primary N) is 1. The Kier molecular flexibility index (Phi) is 4.81. The summed E-state index contributed by atoms with van der Waals surface area (Å²) in [5.41, 5.74) is 7.53. The third kappa shape index (κ3) is 4.18. The van der Waals surface area contributed by atoms with Gasteiger partial charge in [-0.3, -0.25) is 0 Å². The maximum Gasteiger partial charge on any atom is 0.168 e. The molecule has 98 valence electrons. The third-order valence-electron chi connectivity index (χ3n) is 3.45. The van der Waals surface area contributed by atoms with Gasteiger partial charge in [-0.05, 0) is 49.2 Å². The molecule has 0 bridgehead atoms. The Hall–Kier alpha value is -1.29. The quantitative estimate of drug-likeness (QED) is 0.729. The largest absolute Gasteiger partial charge is 0.385 e. The highest BCUT2D eigenvalue weighted by Gasteiger charge is 2.12. The normalized spacial score (nSPS) is 16.2. The van der Waals surface area contributed by atoms with Gasteiger partial charge in [-0.1, -0.05) is 25.3 Å². The second kappa shape index (κ2) is 6.59. The van der Waals surface area contributed by atoms with Gasteiger partial charge in [-0.2, -0.15) is 0 Å². The number of rotatable bonds is 4. The van der Waals surface area contributed by atoms with Crippen molar-refractivity contribution in [3.05, 3.63) is 24.3 Å². The Balaban J connectivity index is 1.86. The van der Waals surface area contributed by atoms with E-state index in [0.717, 1.165) is 23.8 Å². The molecule has 0 heterocycles. The zero-order valence-corrected chi connectivity index (χ0v) is 11.4. The smallest absolute Gasteiger partial charge is 0.168 e. The van der Waals surface area contributed by atoms with Gasteiger partial charge in [0.15, 0.2) is 5.11 Å². The topological polar surface area (TPSA) is 50.1 Å². The van der Waals surface area contributed by atoms with E-state index in [9.17, 15) is 0 Å². The molecule has 1 aromatic rings. The molecule has 4 N–H and O–H groups in total. The van der Waals surface area contributed by atoms with Crippen LogP contribution in [0.3, 0.4) is 0 Å². The molecule has 0 aromatic heterocycles. The molecule has 1 aromatic carbocycles. The number of anilines is 2. The van der Waals surface area contributed by atoms with Crippen molar-refractivity contribution in [1.82, 2.24) is 0 Å². The lowest BCUT2D eigenvalue weighted by molar-refractivity contribution is 0.373. The fourth-order valence-electron chi connectivity index (χ4n) is 2.50. The van der Waals surface area contributed by atoms with E-state index in [4.69, 9.17) is 18.0 Å². The van der Waals surface area contributed by atoms with Crippen LogP contribution in [0.25, 0.3) is 0 Å². The van der Waals surface area contributed by atoms with Crippen molar-refractivity contribution < 1.29 is 0 Å². The highest BCUT2D eigenvalue weighted by molar-refractivity contribution is 7.80. The Labute approximate surface area is 114 Å². The minimum absolute atomic E-state index is 0.305. The summed E-state index contributed by atoms with van der Waals surface area (Å²) in [6, 6.07) is 8.09. The maximum absolute atomic E-state index is 5.47. The lowest BCUT2D eigenvalue weighted by atomic mass is 9.89. The summed E-state index contributed by atoms with van der Waals surface area (Å²) in [6.45, 7) is 1.07. The fourth-order valence-corrected chi connectivity index (χ4v) is 2.62. The summed E-state index contributed by atoms with van der Waals surface area (Å²) in [4.78, 5) is 0. The molecule has 1 saturated carbocycles. The van der Waals surface area contributed by atoms with E-state index in [0.29, 0.717) is 5.11 Å². The Morgan fingerprint density at radius 1 is 1.22 bits per heavy atom. The molecule has 3 nitrogen and oxygen atoms in total. The molecule has 1 fully saturated rings. The van der Waals surface area contributed by atoms with Gasteiger partial charge in [0.2, 0.25) is 0 Å². The molecule has 1 aliphatic carbocycles. The van der Waals surface area contributed by atoms with E-state index in [-0.39, 0.29) is 0 Å². The average Bonchev–Trinajstić information content (AvgIpc) is 2.37. The van der Waals surface area contributed by atoms with Crippen LogP contribution in [0.5, 0.6) is 0 Å². The zero-order valence-electron chi connectivity index (χ0n) is 10.6. The molecule has 0 atom stereocenters. The van der Waals surface area contributed by atoms with Crippen LogP contribution in [0.4, 0.5) is 11.4 Å². The van der Waals surface area contributed by atoms with Gasteiger partial charge in [-0.15, -0.1) is 0 Å². The maximum atomic E-state index is 5.47. The van der Waals surface area contributed by atoms with Crippen molar-refractivity contribution in [2.45, 2.75) is 32.1 Å². The lowest BCUT2D eigenvalue weighted by Crippen LogP contribution is -2.19. The van der Waals surface area contributed by atoms with Crippen molar-refractivity contribution in [3.8, 4) is 0 Å². The molecule has 0 amide bonds. The SMILES string of the molecule is NC(=S)Nc1cccc(NCC2CCCCC2)c1. The van der Waals surface area contributed by atoms with Crippen molar-refractivity contribution >= 4 is 28.7 Å². The van der Waals surface area contributed by atoms with Gasteiger partial charge in [0.1, 0.15) is 0 Å². The highest BCUT2D eigenvalue weighted by atomic mass is 32.1. The van der Waals surface area contributed by atoms with Crippen LogP contribution in [0.15, 0.2) is 24.3 Å². The van der Waals surface area contributed by atoms with Crippen LogP contribution in [0.1, 0.15) is 32.1 Å². The molecule has 1 aliphatic rings. The molecule has 2 rings (SSSR count). The van der Waals surface area contributed by atoms with E-state index in [1.165, 1.54) is 32.1 Å². The first-order valence-electron chi connectivity index (χ1n) is 6.64. The first kappa shape index (κ1) is 13.1. The van der Waals surface area contributed by atoms with Crippen molar-refractivity contribution in [1.29, 1.82) is 0 Å². The standard InChI is InChI=1S/C14H21N3S/c15-14(18)17-13-8-4-7-12(9-13)16-10-11-5-2-1-3-6-11/h4,7-9,11,16H,1-3,5-6,10H2,(H3,15,17,18). The molecule has 0 aliphatic heterocycles.